The Morgan fingerprint density at radius 1 is 0.909 bits per heavy atom. The fourth-order valence-corrected chi connectivity index (χ4v) is 6.55. The minimum atomic E-state index is -3.88. The van der Waals surface area contributed by atoms with Crippen molar-refractivity contribution >= 4 is 26.9 Å². The molecule has 0 saturated heterocycles. The summed E-state index contributed by atoms with van der Waals surface area (Å²) in [6.45, 7) is 3.81. The third-order valence-electron chi connectivity index (χ3n) is 6.68. The van der Waals surface area contributed by atoms with Crippen molar-refractivity contribution < 1.29 is 8.42 Å². The topological polar surface area (TPSA) is 90.9 Å². The van der Waals surface area contributed by atoms with Gasteiger partial charge in [-0.3, -0.25) is 0 Å². The van der Waals surface area contributed by atoms with Crippen LogP contribution in [0.1, 0.15) is 54.8 Å². The Kier molecular flexibility index (Phi) is 5.44. The Balaban J connectivity index is 1.82. The smallest absolute Gasteiger partial charge is 0.269 e. The Bertz CT molecular complexity index is 1420. The monoisotopic (exact) mass is 460 g/mol. The molecule has 4 aromatic rings. The second-order valence-electron chi connectivity index (χ2n) is 8.91. The summed E-state index contributed by atoms with van der Waals surface area (Å²) < 4.78 is 29.2. The molecule has 1 fully saturated rings. The van der Waals surface area contributed by atoms with E-state index in [4.69, 9.17) is 10.7 Å². The molecular weight excluding hydrogens is 432 g/mol. The van der Waals surface area contributed by atoms with Gasteiger partial charge >= 0.3 is 0 Å². The van der Waals surface area contributed by atoms with Gasteiger partial charge in [0.2, 0.25) is 0 Å². The van der Waals surface area contributed by atoms with Crippen molar-refractivity contribution in [3.63, 3.8) is 0 Å². The van der Waals surface area contributed by atoms with E-state index in [2.05, 4.69) is 4.98 Å². The van der Waals surface area contributed by atoms with Crippen LogP contribution in [0.3, 0.4) is 0 Å². The van der Waals surface area contributed by atoms with Crippen molar-refractivity contribution in [3.05, 3.63) is 71.4 Å². The normalized spacial score (nSPS) is 15.2. The fraction of sp³-hybridized carbons (Fsp3) is 0.308. The molecule has 6 nitrogen and oxygen atoms in total. The van der Waals surface area contributed by atoms with Gasteiger partial charge in [-0.1, -0.05) is 67.3 Å². The lowest BCUT2D eigenvalue weighted by molar-refractivity contribution is 0.444. The zero-order chi connectivity index (χ0) is 23.2. The van der Waals surface area contributed by atoms with Gasteiger partial charge in [0.1, 0.15) is 5.82 Å². The molecule has 2 aromatic carbocycles. The predicted molar refractivity (Wildman–Crippen MR) is 132 cm³/mol. The van der Waals surface area contributed by atoms with Gasteiger partial charge in [-0.25, -0.2) is 22.4 Å². The lowest BCUT2D eigenvalue weighted by Crippen LogP contribution is -2.16. The van der Waals surface area contributed by atoms with Gasteiger partial charge in [0.05, 0.1) is 10.3 Å². The molecule has 2 aromatic heterocycles. The largest absolute Gasteiger partial charge is 0.383 e. The maximum atomic E-state index is 13.9. The van der Waals surface area contributed by atoms with E-state index in [1.807, 2.05) is 56.3 Å². The third kappa shape index (κ3) is 3.70. The fourth-order valence-electron chi connectivity index (χ4n) is 5.04. The zero-order valence-corrected chi connectivity index (χ0v) is 19.8. The number of fused-ring (bicyclic) bond motifs is 1. The van der Waals surface area contributed by atoms with Crippen LogP contribution in [0.4, 0.5) is 5.82 Å². The predicted octanol–water partition coefficient (Wildman–Crippen LogP) is 5.58. The van der Waals surface area contributed by atoms with Crippen LogP contribution >= 0.6 is 0 Å². The lowest BCUT2D eigenvalue weighted by Gasteiger charge is -2.22. The highest BCUT2D eigenvalue weighted by atomic mass is 32.2. The van der Waals surface area contributed by atoms with E-state index in [0.717, 1.165) is 42.4 Å². The summed E-state index contributed by atoms with van der Waals surface area (Å²) in [5.41, 5.74) is 10.4. The van der Waals surface area contributed by atoms with E-state index in [-0.39, 0.29) is 10.8 Å². The standard InChI is InChI=1S/C26H28N4O2S/c1-17-13-15-21(16-14-17)33(31,32)30-18(2)22(19-9-5-3-6-10-19)23-24(27)28-25(29-26(23)30)20-11-7-4-8-12-20/h4,7-8,11-16,19H,3,5-6,9-10H2,1-2H3,(H2,27,28,29). The molecule has 0 spiro atoms. The molecule has 2 heterocycles. The van der Waals surface area contributed by atoms with E-state index < -0.39 is 10.0 Å². The number of rotatable bonds is 4. The van der Waals surface area contributed by atoms with Gasteiger partial charge in [0, 0.05) is 11.3 Å². The minimum Gasteiger partial charge on any atom is -0.383 e. The number of nitrogen functional groups attached to an aromatic ring is 1. The molecule has 1 aliphatic carbocycles. The van der Waals surface area contributed by atoms with Crippen LogP contribution in [-0.2, 0) is 10.0 Å². The van der Waals surface area contributed by atoms with Crippen LogP contribution in [0.2, 0.25) is 0 Å². The summed E-state index contributed by atoms with van der Waals surface area (Å²) >= 11 is 0. The van der Waals surface area contributed by atoms with Gasteiger partial charge in [-0.2, -0.15) is 0 Å². The quantitative estimate of drug-likeness (QED) is 0.429. The summed E-state index contributed by atoms with van der Waals surface area (Å²) in [6.07, 6.45) is 5.50. The number of benzene rings is 2. The van der Waals surface area contributed by atoms with Crippen LogP contribution in [0.5, 0.6) is 0 Å². The van der Waals surface area contributed by atoms with E-state index in [9.17, 15) is 8.42 Å². The summed E-state index contributed by atoms with van der Waals surface area (Å²) in [5, 5.41) is 0.676. The Morgan fingerprint density at radius 3 is 2.24 bits per heavy atom. The molecular formula is C26H28N4O2S. The molecule has 1 saturated carbocycles. The average Bonchev–Trinajstić information content (AvgIpc) is 3.13. The third-order valence-corrected chi connectivity index (χ3v) is 8.47. The second-order valence-corrected chi connectivity index (χ2v) is 10.7. The van der Waals surface area contributed by atoms with Crippen molar-refractivity contribution in [2.45, 2.75) is 56.8 Å². The van der Waals surface area contributed by atoms with Crippen molar-refractivity contribution in [3.8, 4) is 11.4 Å². The number of nitrogens with two attached hydrogens (primary N) is 1. The minimum absolute atomic E-state index is 0.238. The Morgan fingerprint density at radius 2 is 1.58 bits per heavy atom. The van der Waals surface area contributed by atoms with Crippen LogP contribution in [0.15, 0.2) is 59.5 Å². The molecule has 0 amide bonds. The molecule has 7 heteroatoms. The van der Waals surface area contributed by atoms with Crippen LogP contribution in [0.25, 0.3) is 22.4 Å². The van der Waals surface area contributed by atoms with Crippen molar-refractivity contribution in [2.75, 3.05) is 5.73 Å². The second kappa shape index (κ2) is 8.30. The van der Waals surface area contributed by atoms with E-state index in [1.54, 1.807) is 12.1 Å². The van der Waals surface area contributed by atoms with Crippen LogP contribution < -0.4 is 5.73 Å². The van der Waals surface area contributed by atoms with Crippen molar-refractivity contribution in [1.82, 2.24) is 13.9 Å². The molecule has 170 valence electrons. The Hall–Kier alpha value is -3.19. The maximum Gasteiger partial charge on any atom is 0.269 e. The maximum absolute atomic E-state index is 13.9. The molecule has 0 radical (unpaired) electrons. The molecule has 5 rings (SSSR count). The van der Waals surface area contributed by atoms with E-state index in [1.165, 1.54) is 10.4 Å². The highest BCUT2D eigenvalue weighted by molar-refractivity contribution is 7.90. The van der Waals surface area contributed by atoms with Crippen LogP contribution in [0, 0.1) is 13.8 Å². The van der Waals surface area contributed by atoms with Crippen molar-refractivity contribution in [2.24, 2.45) is 0 Å². The number of hydrogen-bond donors (Lipinski definition) is 1. The number of anilines is 1. The Labute approximate surface area is 194 Å². The molecule has 0 atom stereocenters. The number of nitrogens with zero attached hydrogens (tertiary/aromatic N) is 3. The first-order valence-electron chi connectivity index (χ1n) is 11.4. The average molecular weight is 461 g/mol. The van der Waals surface area contributed by atoms with Crippen LogP contribution in [-0.4, -0.2) is 22.4 Å². The van der Waals surface area contributed by atoms with Gasteiger partial charge in [0.15, 0.2) is 11.5 Å². The number of hydrogen-bond acceptors (Lipinski definition) is 5. The van der Waals surface area contributed by atoms with E-state index >= 15 is 0 Å². The van der Waals surface area contributed by atoms with Crippen molar-refractivity contribution in [1.29, 1.82) is 0 Å². The first-order chi connectivity index (χ1) is 15.9. The molecule has 0 bridgehead atoms. The van der Waals surface area contributed by atoms with Gasteiger partial charge in [-0.15, -0.1) is 0 Å². The van der Waals surface area contributed by atoms with Gasteiger partial charge in [-0.05, 0) is 50.3 Å². The molecule has 1 aliphatic rings. The zero-order valence-electron chi connectivity index (χ0n) is 19.0. The first-order valence-corrected chi connectivity index (χ1v) is 12.9. The van der Waals surface area contributed by atoms with E-state index in [0.29, 0.717) is 28.4 Å². The molecule has 0 unspecified atom stereocenters. The first kappa shape index (κ1) is 21.6. The highest BCUT2D eigenvalue weighted by Crippen LogP contribution is 2.42. The molecule has 33 heavy (non-hydrogen) atoms. The number of aromatic nitrogens is 3. The molecule has 2 N–H and O–H groups in total. The number of aryl methyl sites for hydroxylation is 1. The van der Waals surface area contributed by atoms with Gasteiger partial charge < -0.3 is 5.73 Å². The highest BCUT2D eigenvalue weighted by Gasteiger charge is 2.32. The summed E-state index contributed by atoms with van der Waals surface area (Å²) in [5.74, 6) is 1.01. The SMILES string of the molecule is Cc1ccc(S(=O)(=O)n2c(C)c(C3CCCCC3)c3c(N)nc(-c4ccccc4)nc32)cc1. The summed E-state index contributed by atoms with van der Waals surface area (Å²) in [4.78, 5) is 9.63. The van der Waals surface area contributed by atoms with Gasteiger partial charge in [0.25, 0.3) is 10.0 Å². The lowest BCUT2D eigenvalue weighted by atomic mass is 9.83. The summed E-state index contributed by atoms with van der Waals surface area (Å²) in [7, 11) is -3.88. The molecule has 0 aliphatic heterocycles. The summed E-state index contributed by atoms with van der Waals surface area (Å²) in [6, 6.07) is 16.5.